The minimum Gasteiger partial charge on any atom is -0.494 e. The van der Waals surface area contributed by atoms with E-state index in [1.54, 1.807) is 24.3 Å². The number of thioether (sulfide) groups is 1. The predicted octanol–water partition coefficient (Wildman–Crippen LogP) is 1.44. The van der Waals surface area contributed by atoms with Crippen LogP contribution in [-0.2, 0) is 14.3 Å². The highest BCUT2D eigenvalue weighted by atomic mass is 32.2. The maximum absolute atomic E-state index is 11.9. The van der Waals surface area contributed by atoms with Crippen molar-refractivity contribution in [1.29, 1.82) is 0 Å². The molecule has 26 heavy (non-hydrogen) atoms. The highest BCUT2D eigenvalue weighted by Gasteiger charge is 2.29. The van der Waals surface area contributed by atoms with Crippen LogP contribution >= 0.6 is 11.8 Å². The van der Waals surface area contributed by atoms with Gasteiger partial charge in [-0.1, -0.05) is 18.7 Å². The van der Waals surface area contributed by atoms with Crippen molar-refractivity contribution >= 4 is 34.8 Å². The first-order valence-electron chi connectivity index (χ1n) is 8.15. The summed E-state index contributed by atoms with van der Waals surface area (Å²) in [4.78, 5) is 47.5. The van der Waals surface area contributed by atoms with Crippen molar-refractivity contribution in [3.8, 4) is 5.75 Å². The van der Waals surface area contributed by atoms with Crippen molar-refractivity contribution in [1.82, 2.24) is 10.2 Å². The number of nitrogens with one attached hydrogen (secondary N) is 1. The quantitative estimate of drug-likeness (QED) is 0.647. The van der Waals surface area contributed by atoms with Crippen LogP contribution in [0.3, 0.4) is 0 Å². The summed E-state index contributed by atoms with van der Waals surface area (Å²) in [5.41, 5.74) is 0.312. The molecular weight excluding hydrogens is 360 g/mol. The molecule has 1 aliphatic heterocycles. The zero-order chi connectivity index (χ0) is 18.9. The molecule has 9 heteroatoms. The molecule has 8 nitrogen and oxygen atoms in total. The van der Waals surface area contributed by atoms with Gasteiger partial charge >= 0.3 is 5.97 Å². The normalized spacial score (nSPS) is 13.7. The van der Waals surface area contributed by atoms with Crippen molar-refractivity contribution in [2.75, 3.05) is 32.1 Å². The number of carbonyl (C=O) groups is 4. The Morgan fingerprint density at radius 3 is 2.58 bits per heavy atom. The van der Waals surface area contributed by atoms with E-state index < -0.39 is 18.5 Å². The van der Waals surface area contributed by atoms with Gasteiger partial charge in [0.1, 0.15) is 5.75 Å². The Labute approximate surface area is 155 Å². The summed E-state index contributed by atoms with van der Waals surface area (Å²) < 4.78 is 10.4. The van der Waals surface area contributed by atoms with Crippen LogP contribution in [0.25, 0.3) is 0 Å². The van der Waals surface area contributed by atoms with E-state index in [0.29, 0.717) is 17.9 Å². The third-order valence-corrected chi connectivity index (χ3v) is 4.25. The van der Waals surface area contributed by atoms with Gasteiger partial charge in [0.15, 0.2) is 6.61 Å². The van der Waals surface area contributed by atoms with Crippen LogP contribution in [-0.4, -0.2) is 60.0 Å². The molecule has 0 spiro atoms. The molecule has 0 aliphatic carbocycles. The minimum absolute atomic E-state index is 0.101. The predicted molar refractivity (Wildman–Crippen MR) is 95.1 cm³/mol. The second-order valence-corrected chi connectivity index (χ2v) is 6.33. The van der Waals surface area contributed by atoms with Crippen LogP contribution in [0, 0.1) is 0 Å². The van der Waals surface area contributed by atoms with Gasteiger partial charge in [0.25, 0.3) is 11.1 Å². The maximum Gasteiger partial charge on any atom is 0.338 e. The Morgan fingerprint density at radius 2 is 1.96 bits per heavy atom. The monoisotopic (exact) mass is 380 g/mol. The van der Waals surface area contributed by atoms with Crippen LogP contribution in [0.15, 0.2) is 24.3 Å². The maximum atomic E-state index is 11.9. The lowest BCUT2D eigenvalue weighted by Crippen LogP contribution is -2.38. The Kier molecular flexibility index (Phi) is 7.46. The van der Waals surface area contributed by atoms with Crippen molar-refractivity contribution in [3.63, 3.8) is 0 Å². The van der Waals surface area contributed by atoms with E-state index in [0.717, 1.165) is 23.1 Å². The lowest BCUT2D eigenvalue weighted by molar-refractivity contribution is -0.126. The number of hydrogen-bond donors (Lipinski definition) is 1. The van der Waals surface area contributed by atoms with E-state index in [1.165, 1.54) is 0 Å². The summed E-state index contributed by atoms with van der Waals surface area (Å²) in [6.07, 6.45) is 0.887. The molecule has 1 aromatic carbocycles. The number of ether oxygens (including phenoxy) is 2. The molecule has 3 amide bonds. The largest absolute Gasteiger partial charge is 0.494 e. The SMILES string of the molecule is CCCOc1ccc(C(=O)OCC(=O)NCCN2C(=O)CSC2=O)cc1. The molecule has 1 aromatic rings. The molecule has 140 valence electrons. The molecule has 2 rings (SSSR count). The number of imide groups is 1. The fourth-order valence-electron chi connectivity index (χ4n) is 2.08. The Balaban J connectivity index is 1.68. The summed E-state index contributed by atoms with van der Waals surface area (Å²) in [6.45, 7) is 2.36. The van der Waals surface area contributed by atoms with Gasteiger partial charge in [-0.05, 0) is 30.7 Å². The Bertz CT molecular complexity index is 660. The molecule has 1 fully saturated rings. The van der Waals surface area contributed by atoms with E-state index >= 15 is 0 Å². The number of benzene rings is 1. The minimum atomic E-state index is -0.622. The van der Waals surface area contributed by atoms with Gasteiger partial charge in [-0.2, -0.15) is 0 Å². The number of esters is 1. The fraction of sp³-hybridized carbons (Fsp3) is 0.412. The summed E-state index contributed by atoms with van der Waals surface area (Å²) >= 11 is 0.936. The molecule has 0 atom stereocenters. The highest BCUT2D eigenvalue weighted by Crippen LogP contribution is 2.17. The zero-order valence-electron chi connectivity index (χ0n) is 14.4. The number of amides is 3. The van der Waals surface area contributed by atoms with Gasteiger partial charge in [0.2, 0.25) is 5.91 Å². The van der Waals surface area contributed by atoms with Crippen molar-refractivity contribution in [3.05, 3.63) is 29.8 Å². The Morgan fingerprint density at radius 1 is 1.23 bits per heavy atom. The van der Waals surface area contributed by atoms with Crippen LogP contribution in [0.4, 0.5) is 4.79 Å². The molecule has 0 unspecified atom stereocenters. The van der Waals surface area contributed by atoms with Gasteiger partial charge < -0.3 is 14.8 Å². The number of nitrogens with zero attached hydrogens (tertiary/aromatic N) is 1. The molecular formula is C17H20N2O6S. The van der Waals surface area contributed by atoms with Crippen molar-refractivity contribution in [2.24, 2.45) is 0 Å². The number of rotatable bonds is 9. The van der Waals surface area contributed by atoms with Crippen LogP contribution in [0.2, 0.25) is 0 Å². The fourth-order valence-corrected chi connectivity index (χ4v) is 2.83. The molecule has 1 saturated heterocycles. The van der Waals surface area contributed by atoms with E-state index in [-0.39, 0.29) is 30.0 Å². The molecule has 0 bridgehead atoms. The first kappa shape index (κ1) is 19.8. The van der Waals surface area contributed by atoms with Crippen molar-refractivity contribution in [2.45, 2.75) is 13.3 Å². The summed E-state index contributed by atoms with van der Waals surface area (Å²) in [5.74, 6) is -0.610. The van der Waals surface area contributed by atoms with E-state index in [4.69, 9.17) is 9.47 Å². The van der Waals surface area contributed by atoms with E-state index in [1.807, 2.05) is 6.92 Å². The topological polar surface area (TPSA) is 102 Å². The third kappa shape index (κ3) is 5.76. The number of hydrogen-bond acceptors (Lipinski definition) is 7. The highest BCUT2D eigenvalue weighted by molar-refractivity contribution is 8.14. The van der Waals surface area contributed by atoms with E-state index in [2.05, 4.69) is 5.32 Å². The van der Waals surface area contributed by atoms with Gasteiger partial charge in [-0.3, -0.25) is 19.3 Å². The lowest BCUT2D eigenvalue weighted by Gasteiger charge is -2.13. The van der Waals surface area contributed by atoms with E-state index in [9.17, 15) is 19.2 Å². The van der Waals surface area contributed by atoms with Crippen molar-refractivity contribution < 1.29 is 28.7 Å². The van der Waals surface area contributed by atoms with Gasteiger partial charge in [0.05, 0.1) is 17.9 Å². The second-order valence-electron chi connectivity index (χ2n) is 5.40. The first-order chi connectivity index (χ1) is 12.5. The van der Waals surface area contributed by atoms with Gasteiger partial charge in [-0.25, -0.2) is 4.79 Å². The summed E-state index contributed by atoms with van der Waals surface area (Å²) in [5, 5.41) is 2.18. The standard InChI is InChI=1S/C17H20N2O6S/c1-2-9-24-13-5-3-12(4-6-13)16(22)25-10-14(20)18-7-8-19-15(21)11-26-17(19)23/h3-6H,2,7-11H2,1H3,(H,18,20). The molecule has 1 N–H and O–H groups in total. The zero-order valence-corrected chi connectivity index (χ0v) is 15.2. The first-order valence-corrected chi connectivity index (χ1v) is 9.13. The van der Waals surface area contributed by atoms with Crippen LogP contribution < -0.4 is 10.1 Å². The molecule has 1 heterocycles. The van der Waals surface area contributed by atoms with Crippen LogP contribution in [0.5, 0.6) is 5.75 Å². The molecule has 1 aliphatic rings. The average molecular weight is 380 g/mol. The second kappa shape index (κ2) is 9.81. The smallest absolute Gasteiger partial charge is 0.338 e. The number of carbonyl (C=O) groups excluding carboxylic acids is 4. The van der Waals surface area contributed by atoms with Crippen LogP contribution in [0.1, 0.15) is 23.7 Å². The molecule has 0 saturated carbocycles. The third-order valence-electron chi connectivity index (χ3n) is 3.40. The molecule has 0 aromatic heterocycles. The van der Waals surface area contributed by atoms with Gasteiger partial charge in [-0.15, -0.1) is 0 Å². The lowest BCUT2D eigenvalue weighted by atomic mass is 10.2. The summed E-state index contributed by atoms with van der Waals surface area (Å²) in [6, 6.07) is 6.45. The molecule has 0 radical (unpaired) electrons. The Hall–Kier alpha value is -2.55. The van der Waals surface area contributed by atoms with Gasteiger partial charge in [0, 0.05) is 13.1 Å². The average Bonchev–Trinajstić information content (AvgIpc) is 2.97. The summed E-state index contributed by atoms with van der Waals surface area (Å²) in [7, 11) is 0.